The smallest absolute Gasteiger partial charge is 0.118 e. The van der Waals surface area contributed by atoms with Crippen LogP contribution in [0.3, 0.4) is 0 Å². The third kappa shape index (κ3) is 6.34. The summed E-state index contributed by atoms with van der Waals surface area (Å²) in [7, 11) is 3.44. The van der Waals surface area contributed by atoms with Crippen LogP contribution in [0.4, 0.5) is 0 Å². The highest BCUT2D eigenvalue weighted by molar-refractivity contribution is 6.32. The van der Waals surface area contributed by atoms with Gasteiger partial charge in [0.05, 0.1) is 14.2 Å². The van der Waals surface area contributed by atoms with Crippen LogP contribution in [0.25, 0.3) is 121 Å². The number of methoxy groups -OCH3 is 2. The second-order valence-electron chi connectivity index (χ2n) is 16.8. The maximum atomic E-state index is 5.62. The van der Waals surface area contributed by atoms with E-state index in [-0.39, 0.29) is 0 Å². The summed E-state index contributed by atoms with van der Waals surface area (Å²) in [5, 5.41) is 12.4. The minimum atomic E-state index is 0.839. The fourth-order valence-corrected chi connectivity index (χ4v) is 9.91. The molecule has 12 rings (SSSR count). The molecule has 64 heavy (non-hydrogen) atoms. The van der Waals surface area contributed by atoms with Crippen molar-refractivity contribution in [2.24, 2.45) is 0 Å². The molecule has 0 heterocycles. The predicted molar refractivity (Wildman–Crippen MR) is 271 cm³/mol. The molecule has 0 fully saturated rings. The molecule has 12 aromatic carbocycles. The molecule has 2 nitrogen and oxygen atoms in total. The van der Waals surface area contributed by atoms with E-state index in [4.69, 9.17) is 9.47 Å². The van der Waals surface area contributed by atoms with Crippen molar-refractivity contribution in [2.45, 2.75) is 0 Å². The Balaban J connectivity index is 1.09. The van der Waals surface area contributed by atoms with Gasteiger partial charge in [-0.3, -0.25) is 0 Å². The third-order valence-electron chi connectivity index (χ3n) is 13.3. The molecule has 2 heteroatoms. The molecular formula is C62H42O2. The molecule has 12 aromatic rings. The first-order valence-corrected chi connectivity index (χ1v) is 21.9. The summed E-state index contributed by atoms with van der Waals surface area (Å²) in [6, 6.07) is 80.0. The molecule has 302 valence electrons. The van der Waals surface area contributed by atoms with Crippen LogP contribution in [-0.4, -0.2) is 14.2 Å². The Bertz CT molecular complexity index is 3450. The lowest BCUT2D eigenvalue weighted by atomic mass is 9.81. The zero-order valence-electron chi connectivity index (χ0n) is 35.6. The van der Waals surface area contributed by atoms with Crippen molar-refractivity contribution >= 4 is 53.9 Å². The van der Waals surface area contributed by atoms with E-state index in [1.807, 2.05) is 0 Å². The molecular weight excluding hydrogens is 777 g/mol. The number of hydrogen-bond acceptors (Lipinski definition) is 2. The van der Waals surface area contributed by atoms with Crippen LogP contribution in [0.2, 0.25) is 0 Å². The van der Waals surface area contributed by atoms with Gasteiger partial charge in [0, 0.05) is 0 Å². The van der Waals surface area contributed by atoms with Gasteiger partial charge in [-0.05, 0) is 169 Å². The zero-order valence-corrected chi connectivity index (χ0v) is 35.6. The SMILES string of the molecule is COc1ccc(-c2cc(-c3ccc(-c4ccc5ccccc5c4)cc3)c3ccc4c(-c5ccc(OC)cc5)cc(-c5ccc(-c6ccc7ccccc7c6)cc5)c5ccc2c3c45)cc1. The van der Waals surface area contributed by atoms with Gasteiger partial charge in [0.25, 0.3) is 0 Å². The van der Waals surface area contributed by atoms with Gasteiger partial charge in [-0.25, -0.2) is 0 Å². The lowest BCUT2D eigenvalue weighted by molar-refractivity contribution is 0.415. The van der Waals surface area contributed by atoms with E-state index in [0.29, 0.717) is 0 Å². The van der Waals surface area contributed by atoms with Gasteiger partial charge >= 0.3 is 0 Å². The Labute approximate surface area is 372 Å². The van der Waals surface area contributed by atoms with Gasteiger partial charge in [0.2, 0.25) is 0 Å². The van der Waals surface area contributed by atoms with E-state index in [2.05, 4.69) is 218 Å². The number of hydrogen-bond donors (Lipinski definition) is 0. The van der Waals surface area contributed by atoms with E-state index in [0.717, 1.165) is 22.6 Å². The van der Waals surface area contributed by atoms with Crippen LogP contribution >= 0.6 is 0 Å². The fraction of sp³-hybridized carbons (Fsp3) is 0.0323. The van der Waals surface area contributed by atoms with Gasteiger partial charge in [-0.15, -0.1) is 0 Å². The monoisotopic (exact) mass is 818 g/mol. The minimum absolute atomic E-state index is 0.839. The predicted octanol–water partition coefficient (Wildman–Crippen LogP) is 16.9. The van der Waals surface area contributed by atoms with Crippen LogP contribution in [0.15, 0.2) is 218 Å². The summed E-state index contributed by atoms with van der Waals surface area (Å²) < 4.78 is 11.2. The molecule has 0 aliphatic carbocycles. The van der Waals surface area contributed by atoms with Gasteiger partial charge in [-0.2, -0.15) is 0 Å². The van der Waals surface area contributed by atoms with E-state index >= 15 is 0 Å². The summed E-state index contributed by atoms with van der Waals surface area (Å²) in [5.41, 5.74) is 14.2. The number of rotatable bonds is 8. The van der Waals surface area contributed by atoms with Gasteiger partial charge < -0.3 is 9.47 Å². The first-order valence-electron chi connectivity index (χ1n) is 21.9. The molecule has 0 radical (unpaired) electrons. The van der Waals surface area contributed by atoms with Crippen molar-refractivity contribution in [2.75, 3.05) is 14.2 Å². The highest BCUT2D eigenvalue weighted by Gasteiger charge is 2.21. The van der Waals surface area contributed by atoms with E-state index in [1.54, 1.807) is 14.2 Å². The average Bonchev–Trinajstić information content (AvgIpc) is 3.37. The van der Waals surface area contributed by atoms with Crippen molar-refractivity contribution < 1.29 is 9.47 Å². The fourth-order valence-electron chi connectivity index (χ4n) is 9.91. The normalized spacial score (nSPS) is 11.6. The van der Waals surface area contributed by atoms with Crippen molar-refractivity contribution in [1.29, 1.82) is 0 Å². The van der Waals surface area contributed by atoms with Crippen LogP contribution in [0.1, 0.15) is 0 Å². The Kier molecular flexibility index (Phi) is 8.98. The third-order valence-corrected chi connectivity index (χ3v) is 13.3. The Morgan fingerprint density at radius 3 is 0.844 bits per heavy atom. The summed E-state index contributed by atoms with van der Waals surface area (Å²) in [6.07, 6.45) is 0. The molecule has 0 unspecified atom stereocenters. The summed E-state index contributed by atoms with van der Waals surface area (Å²) in [6.45, 7) is 0. The lowest BCUT2D eigenvalue weighted by Gasteiger charge is -2.22. The lowest BCUT2D eigenvalue weighted by Crippen LogP contribution is -1.94. The molecule has 0 aliphatic rings. The summed E-state index contributed by atoms with van der Waals surface area (Å²) >= 11 is 0. The van der Waals surface area contributed by atoms with E-state index in [9.17, 15) is 0 Å². The first-order chi connectivity index (χ1) is 31.6. The zero-order chi connectivity index (χ0) is 42.7. The van der Waals surface area contributed by atoms with Crippen LogP contribution in [0, 0.1) is 0 Å². The molecule has 0 bridgehead atoms. The average molecular weight is 819 g/mol. The Morgan fingerprint density at radius 2 is 0.516 bits per heavy atom. The maximum Gasteiger partial charge on any atom is 0.118 e. The standard InChI is InChI=1S/C62H42O2/c1-63-51-27-23-45(24-28-51)59-37-57(43-17-11-41(12-18-43)49-21-15-39-7-3-5-9-47(39)35-49)53-32-34-56-60(46-25-29-52(64-2)30-26-46)38-58(54-31-33-55(59)61(53)62(54)56)44-19-13-42(14-20-44)50-22-16-40-8-4-6-10-48(40)36-50/h3-38H,1-2H3. The maximum absolute atomic E-state index is 5.62. The van der Waals surface area contributed by atoms with Gasteiger partial charge in [0.1, 0.15) is 11.5 Å². The summed E-state index contributed by atoms with van der Waals surface area (Å²) in [5.74, 6) is 1.68. The van der Waals surface area contributed by atoms with Crippen LogP contribution < -0.4 is 9.47 Å². The van der Waals surface area contributed by atoms with Gasteiger partial charge in [0.15, 0.2) is 0 Å². The molecule has 0 aliphatic heterocycles. The van der Waals surface area contributed by atoms with Crippen molar-refractivity contribution in [1.82, 2.24) is 0 Å². The minimum Gasteiger partial charge on any atom is -0.497 e. The molecule has 0 saturated heterocycles. The molecule has 0 spiro atoms. The molecule has 0 amide bonds. The highest BCUT2D eigenvalue weighted by Crippen LogP contribution is 2.49. The number of benzene rings is 12. The molecule has 0 saturated carbocycles. The number of fused-ring (bicyclic) bond motifs is 2. The quantitative estimate of drug-likeness (QED) is 0.142. The van der Waals surface area contributed by atoms with Crippen molar-refractivity contribution in [3.05, 3.63) is 218 Å². The topological polar surface area (TPSA) is 18.5 Å². The Morgan fingerprint density at radius 1 is 0.234 bits per heavy atom. The summed E-state index contributed by atoms with van der Waals surface area (Å²) in [4.78, 5) is 0. The number of ether oxygens (including phenoxy) is 2. The molecule has 0 aromatic heterocycles. The Hall–Kier alpha value is -8.20. The largest absolute Gasteiger partial charge is 0.497 e. The first kappa shape index (κ1) is 37.6. The van der Waals surface area contributed by atoms with Gasteiger partial charge in [-0.1, -0.05) is 170 Å². The molecule has 0 atom stereocenters. The van der Waals surface area contributed by atoms with Crippen molar-refractivity contribution in [3.63, 3.8) is 0 Å². The second kappa shape index (κ2) is 15.3. The van der Waals surface area contributed by atoms with E-state index < -0.39 is 0 Å². The second-order valence-corrected chi connectivity index (χ2v) is 16.8. The van der Waals surface area contributed by atoms with Crippen LogP contribution in [0.5, 0.6) is 11.5 Å². The molecule has 0 N–H and O–H groups in total. The van der Waals surface area contributed by atoms with E-state index in [1.165, 1.54) is 109 Å². The highest BCUT2D eigenvalue weighted by atomic mass is 16.5. The van der Waals surface area contributed by atoms with Crippen molar-refractivity contribution in [3.8, 4) is 78.3 Å². The van der Waals surface area contributed by atoms with Crippen LogP contribution in [-0.2, 0) is 0 Å².